The summed E-state index contributed by atoms with van der Waals surface area (Å²) in [5.74, 6) is -0.505. The Bertz CT molecular complexity index is 1140. The van der Waals surface area contributed by atoms with Crippen molar-refractivity contribution in [3.63, 3.8) is 0 Å². The summed E-state index contributed by atoms with van der Waals surface area (Å²) in [5.41, 5.74) is 2.81. The predicted molar refractivity (Wildman–Crippen MR) is 125 cm³/mol. The van der Waals surface area contributed by atoms with Gasteiger partial charge in [-0.05, 0) is 54.6 Å². The molecule has 1 aromatic heterocycles. The smallest absolute Gasteiger partial charge is 0.340 e. The summed E-state index contributed by atoms with van der Waals surface area (Å²) < 4.78 is 10.3. The number of para-hydroxylation sites is 2. The van der Waals surface area contributed by atoms with E-state index in [1.54, 1.807) is 41.8 Å². The van der Waals surface area contributed by atoms with Gasteiger partial charge < -0.3 is 20.1 Å². The molecule has 0 atom stereocenters. The van der Waals surface area contributed by atoms with E-state index in [0.717, 1.165) is 5.56 Å². The van der Waals surface area contributed by atoms with E-state index in [1.165, 1.54) is 18.4 Å². The number of hydrogen-bond donors (Lipinski definition) is 2. The second kappa shape index (κ2) is 10.6. The van der Waals surface area contributed by atoms with Crippen LogP contribution in [-0.2, 0) is 16.0 Å². The van der Waals surface area contributed by atoms with Crippen LogP contribution in [0, 0.1) is 6.92 Å². The molecule has 0 spiro atoms. The lowest BCUT2D eigenvalue weighted by atomic mass is 10.0. The number of nitrogens with one attached hydrogen (secondary N) is 2. The van der Waals surface area contributed by atoms with Crippen molar-refractivity contribution in [3.8, 4) is 5.75 Å². The van der Waals surface area contributed by atoms with Gasteiger partial charge in [-0.3, -0.25) is 9.59 Å². The Kier molecular flexibility index (Phi) is 7.62. The van der Waals surface area contributed by atoms with Crippen LogP contribution in [0.1, 0.15) is 38.8 Å². The molecule has 0 aliphatic heterocycles. The summed E-state index contributed by atoms with van der Waals surface area (Å²) in [7, 11) is 1.29. The fraction of sp³-hybridized carbons (Fsp3) is 0.208. The molecule has 0 aliphatic rings. The summed E-state index contributed by atoms with van der Waals surface area (Å²) in [5, 5.41) is 7.76. The van der Waals surface area contributed by atoms with E-state index >= 15 is 0 Å². The largest absolute Gasteiger partial charge is 0.492 e. The van der Waals surface area contributed by atoms with Crippen LogP contribution in [0.3, 0.4) is 0 Å². The van der Waals surface area contributed by atoms with Crippen molar-refractivity contribution < 1.29 is 23.9 Å². The Morgan fingerprint density at radius 1 is 1.00 bits per heavy atom. The number of carbonyl (C=O) groups is 3. The van der Waals surface area contributed by atoms with Gasteiger partial charge in [0.2, 0.25) is 5.91 Å². The van der Waals surface area contributed by atoms with E-state index in [1.807, 2.05) is 26.0 Å². The molecule has 0 saturated heterocycles. The van der Waals surface area contributed by atoms with Gasteiger partial charge in [-0.25, -0.2) is 4.79 Å². The van der Waals surface area contributed by atoms with E-state index in [0.29, 0.717) is 39.7 Å². The highest BCUT2D eigenvalue weighted by molar-refractivity contribution is 7.14. The zero-order valence-electron chi connectivity index (χ0n) is 18.1. The summed E-state index contributed by atoms with van der Waals surface area (Å²) in [6.45, 7) is 4.20. The highest BCUT2D eigenvalue weighted by Gasteiger charge is 2.17. The molecule has 166 valence electrons. The summed E-state index contributed by atoms with van der Waals surface area (Å²) in [6, 6.07) is 14.1. The molecule has 0 fully saturated rings. The number of carbonyl (C=O) groups excluding carboxylic acids is 3. The van der Waals surface area contributed by atoms with Crippen LogP contribution in [0.15, 0.2) is 53.9 Å². The van der Waals surface area contributed by atoms with Crippen LogP contribution in [0.5, 0.6) is 5.75 Å². The van der Waals surface area contributed by atoms with Crippen molar-refractivity contribution in [1.29, 1.82) is 0 Å². The van der Waals surface area contributed by atoms with E-state index in [2.05, 4.69) is 10.6 Å². The second-order valence-corrected chi connectivity index (χ2v) is 7.83. The van der Waals surface area contributed by atoms with Gasteiger partial charge in [0.25, 0.3) is 5.91 Å². The molecule has 0 unspecified atom stereocenters. The van der Waals surface area contributed by atoms with Crippen LogP contribution in [0.4, 0.5) is 10.7 Å². The second-order valence-electron chi connectivity index (χ2n) is 6.91. The number of esters is 1. The first-order valence-electron chi connectivity index (χ1n) is 10.0. The first-order valence-corrected chi connectivity index (χ1v) is 10.9. The van der Waals surface area contributed by atoms with Gasteiger partial charge in [0.15, 0.2) is 0 Å². The number of aryl methyl sites for hydroxylation is 1. The Balaban J connectivity index is 1.73. The van der Waals surface area contributed by atoms with Gasteiger partial charge in [-0.15, -0.1) is 11.3 Å². The lowest BCUT2D eigenvalue weighted by Crippen LogP contribution is -2.17. The molecule has 8 heteroatoms. The monoisotopic (exact) mass is 452 g/mol. The van der Waals surface area contributed by atoms with E-state index in [4.69, 9.17) is 9.47 Å². The maximum Gasteiger partial charge on any atom is 0.340 e. The first-order chi connectivity index (χ1) is 15.4. The standard InChI is InChI=1S/C24H24N2O5S/c1-4-31-20-8-6-5-7-19(20)25-22(28)18-13-16(10-9-15(18)2)14-21(27)26-23-17(11-12-32-23)24(29)30-3/h5-13H,4,14H2,1-3H3,(H,25,28)(H,26,27). The van der Waals surface area contributed by atoms with Crippen LogP contribution in [0.2, 0.25) is 0 Å². The summed E-state index contributed by atoms with van der Waals surface area (Å²) in [4.78, 5) is 37.3. The molecule has 0 saturated carbocycles. The first kappa shape index (κ1) is 23.0. The number of rotatable bonds is 8. The third-order valence-corrected chi connectivity index (χ3v) is 5.50. The highest BCUT2D eigenvalue weighted by atomic mass is 32.1. The number of ether oxygens (including phenoxy) is 2. The molecular formula is C24H24N2O5S. The summed E-state index contributed by atoms with van der Waals surface area (Å²) in [6.07, 6.45) is 0.0502. The van der Waals surface area contributed by atoms with Gasteiger partial charge >= 0.3 is 5.97 Å². The van der Waals surface area contributed by atoms with Crippen LogP contribution >= 0.6 is 11.3 Å². The van der Waals surface area contributed by atoms with Crippen molar-refractivity contribution in [1.82, 2.24) is 0 Å². The maximum absolute atomic E-state index is 12.9. The molecular weight excluding hydrogens is 428 g/mol. The molecule has 0 radical (unpaired) electrons. The minimum absolute atomic E-state index is 0.0502. The Morgan fingerprint density at radius 2 is 1.78 bits per heavy atom. The van der Waals surface area contributed by atoms with Gasteiger partial charge in [0.1, 0.15) is 10.8 Å². The zero-order valence-corrected chi connectivity index (χ0v) is 18.9. The quantitative estimate of drug-likeness (QED) is 0.484. The van der Waals surface area contributed by atoms with Crippen molar-refractivity contribution in [3.05, 3.63) is 76.2 Å². The molecule has 2 aromatic carbocycles. The fourth-order valence-electron chi connectivity index (χ4n) is 3.10. The topological polar surface area (TPSA) is 93.7 Å². The van der Waals surface area contributed by atoms with Crippen molar-refractivity contribution in [2.75, 3.05) is 24.4 Å². The minimum atomic E-state index is -0.511. The van der Waals surface area contributed by atoms with Gasteiger partial charge in [-0.2, -0.15) is 0 Å². The molecule has 2 N–H and O–H groups in total. The number of thiophene rings is 1. The molecule has 0 aliphatic carbocycles. The van der Waals surface area contributed by atoms with E-state index in [9.17, 15) is 14.4 Å². The SMILES string of the molecule is CCOc1ccccc1NC(=O)c1cc(CC(=O)Nc2sccc2C(=O)OC)ccc1C. The fourth-order valence-corrected chi connectivity index (χ4v) is 3.89. The molecule has 3 rings (SSSR count). The number of methoxy groups -OCH3 is 1. The van der Waals surface area contributed by atoms with Crippen molar-refractivity contribution in [2.45, 2.75) is 20.3 Å². The minimum Gasteiger partial charge on any atom is -0.492 e. The van der Waals surface area contributed by atoms with E-state index in [-0.39, 0.29) is 18.2 Å². The third-order valence-electron chi connectivity index (χ3n) is 4.67. The molecule has 32 heavy (non-hydrogen) atoms. The maximum atomic E-state index is 12.9. The molecule has 7 nitrogen and oxygen atoms in total. The summed E-state index contributed by atoms with van der Waals surface area (Å²) >= 11 is 1.24. The average molecular weight is 453 g/mol. The molecule has 0 bridgehead atoms. The highest BCUT2D eigenvalue weighted by Crippen LogP contribution is 2.26. The number of benzene rings is 2. The van der Waals surface area contributed by atoms with Crippen LogP contribution in [-0.4, -0.2) is 31.5 Å². The molecule has 2 amide bonds. The van der Waals surface area contributed by atoms with Crippen LogP contribution in [0.25, 0.3) is 0 Å². The predicted octanol–water partition coefficient (Wildman–Crippen LogP) is 4.68. The normalized spacial score (nSPS) is 10.3. The van der Waals surface area contributed by atoms with Crippen molar-refractivity contribution >= 4 is 39.8 Å². The molecule has 3 aromatic rings. The Hall–Kier alpha value is -3.65. The zero-order chi connectivity index (χ0) is 23.1. The third kappa shape index (κ3) is 5.53. The Labute approximate surface area is 190 Å². The van der Waals surface area contributed by atoms with E-state index < -0.39 is 5.97 Å². The van der Waals surface area contributed by atoms with Gasteiger partial charge in [0, 0.05) is 5.56 Å². The van der Waals surface area contributed by atoms with Gasteiger partial charge in [-0.1, -0.05) is 24.3 Å². The number of hydrogen-bond acceptors (Lipinski definition) is 6. The lowest BCUT2D eigenvalue weighted by molar-refractivity contribution is -0.115. The van der Waals surface area contributed by atoms with Crippen LogP contribution < -0.4 is 15.4 Å². The average Bonchev–Trinajstić information content (AvgIpc) is 3.24. The lowest BCUT2D eigenvalue weighted by Gasteiger charge is -2.13. The van der Waals surface area contributed by atoms with Crippen molar-refractivity contribution in [2.24, 2.45) is 0 Å². The Morgan fingerprint density at radius 3 is 2.53 bits per heavy atom. The van der Waals surface area contributed by atoms with Gasteiger partial charge in [0.05, 0.1) is 31.4 Å². The number of anilines is 2. The molecule has 1 heterocycles. The number of amides is 2.